The van der Waals surface area contributed by atoms with E-state index in [4.69, 9.17) is 0 Å². The van der Waals surface area contributed by atoms with Crippen LogP contribution in [0.4, 0.5) is 5.69 Å². The Morgan fingerprint density at radius 3 is 2.79 bits per heavy atom. The molecule has 1 aliphatic heterocycles. The van der Waals surface area contributed by atoms with Gasteiger partial charge in [-0.15, -0.1) is 0 Å². The highest BCUT2D eigenvalue weighted by molar-refractivity contribution is 5.88. The third-order valence-electron chi connectivity index (χ3n) is 5.22. The molecule has 0 unspecified atom stereocenters. The first-order valence-electron chi connectivity index (χ1n) is 9.68. The highest BCUT2D eigenvalue weighted by Gasteiger charge is 2.31. The lowest BCUT2D eigenvalue weighted by molar-refractivity contribution is -0.114. The lowest BCUT2D eigenvalue weighted by Crippen LogP contribution is -2.36. The van der Waals surface area contributed by atoms with Crippen LogP contribution in [0.5, 0.6) is 0 Å². The number of carbonyl (C=O) groups excluding carboxylic acids is 1. The fraction of sp³-hybridized carbons (Fsp3) is 0.381. The summed E-state index contributed by atoms with van der Waals surface area (Å²) < 4.78 is 2.22. The molecule has 1 aromatic carbocycles. The van der Waals surface area contributed by atoms with E-state index in [-0.39, 0.29) is 11.9 Å². The van der Waals surface area contributed by atoms with Crippen molar-refractivity contribution in [3.8, 4) is 0 Å². The molecule has 1 aliphatic rings. The number of hydrogen-bond donors (Lipinski definition) is 2. The molecule has 0 saturated heterocycles. The first-order valence-corrected chi connectivity index (χ1v) is 9.68. The second-order valence-corrected chi connectivity index (χ2v) is 7.54. The van der Waals surface area contributed by atoms with Crippen LogP contribution in [0.25, 0.3) is 0 Å². The number of aromatic amines is 1. The Balaban J connectivity index is 1.66. The monoisotopic (exact) mass is 378 g/mol. The highest BCUT2D eigenvalue weighted by Crippen LogP contribution is 2.34. The summed E-state index contributed by atoms with van der Waals surface area (Å²) in [4.78, 5) is 26.2. The first kappa shape index (κ1) is 18.4. The van der Waals surface area contributed by atoms with Crippen molar-refractivity contribution in [2.24, 2.45) is 0 Å². The summed E-state index contributed by atoms with van der Waals surface area (Å²) in [6.45, 7) is 7.55. The Bertz CT molecular complexity index is 955. The van der Waals surface area contributed by atoms with Crippen molar-refractivity contribution in [2.75, 3.05) is 11.9 Å². The van der Waals surface area contributed by atoms with Gasteiger partial charge in [0.05, 0.1) is 24.6 Å². The molecule has 0 aliphatic carbocycles. The molecule has 0 saturated carbocycles. The van der Waals surface area contributed by atoms with Crippen LogP contribution in [0, 0.1) is 0 Å². The predicted molar refractivity (Wildman–Crippen MR) is 108 cm³/mol. The summed E-state index contributed by atoms with van der Waals surface area (Å²) in [6, 6.07) is 8.47. The number of hydrogen-bond acceptors (Lipinski definition) is 4. The van der Waals surface area contributed by atoms with E-state index in [1.165, 1.54) is 12.6 Å². The number of H-pyrrole nitrogens is 1. The van der Waals surface area contributed by atoms with Crippen LogP contribution in [0.1, 0.15) is 55.6 Å². The van der Waals surface area contributed by atoms with E-state index in [1.807, 2.05) is 24.5 Å². The molecule has 7 heteroatoms. The number of amides is 1. The molecule has 2 N–H and O–H groups in total. The number of nitrogens with one attached hydrogen (secondary N) is 2. The lowest BCUT2D eigenvalue weighted by atomic mass is 9.95. The number of anilines is 1. The number of nitrogens with zero attached hydrogens (tertiary/aromatic N) is 4. The smallest absolute Gasteiger partial charge is 0.221 e. The van der Waals surface area contributed by atoms with Gasteiger partial charge < -0.3 is 14.9 Å². The molecule has 4 rings (SSSR count). The van der Waals surface area contributed by atoms with Crippen LogP contribution in [0.2, 0.25) is 0 Å². The van der Waals surface area contributed by atoms with Crippen molar-refractivity contribution in [2.45, 2.75) is 45.8 Å². The van der Waals surface area contributed by atoms with E-state index in [0.29, 0.717) is 6.04 Å². The Labute approximate surface area is 164 Å². The van der Waals surface area contributed by atoms with E-state index < -0.39 is 0 Å². The molecule has 0 radical (unpaired) electrons. The van der Waals surface area contributed by atoms with Gasteiger partial charge in [-0.25, -0.2) is 9.97 Å². The minimum absolute atomic E-state index is 0.0543. The maximum atomic E-state index is 11.3. The van der Waals surface area contributed by atoms with Gasteiger partial charge in [0, 0.05) is 49.7 Å². The maximum absolute atomic E-state index is 11.3. The van der Waals surface area contributed by atoms with E-state index in [0.717, 1.165) is 42.3 Å². The largest absolute Gasteiger partial charge is 0.348 e. The van der Waals surface area contributed by atoms with Crippen molar-refractivity contribution >= 4 is 11.6 Å². The lowest BCUT2D eigenvalue weighted by Gasteiger charge is -2.35. The van der Waals surface area contributed by atoms with Crippen LogP contribution >= 0.6 is 0 Å². The molecule has 0 bridgehead atoms. The predicted octanol–water partition coefficient (Wildman–Crippen LogP) is 3.29. The third-order valence-corrected chi connectivity index (χ3v) is 5.22. The van der Waals surface area contributed by atoms with Crippen molar-refractivity contribution in [3.63, 3.8) is 0 Å². The third kappa shape index (κ3) is 3.57. The number of fused-ring (bicyclic) bond motifs is 1. The summed E-state index contributed by atoms with van der Waals surface area (Å²) in [7, 11) is 0. The van der Waals surface area contributed by atoms with E-state index in [9.17, 15) is 4.79 Å². The van der Waals surface area contributed by atoms with Crippen molar-refractivity contribution in [1.82, 2.24) is 24.4 Å². The molecule has 1 amide bonds. The van der Waals surface area contributed by atoms with Crippen molar-refractivity contribution in [1.29, 1.82) is 0 Å². The summed E-state index contributed by atoms with van der Waals surface area (Å²) in [5.41, 5.74) is 4.22. The maximum Gasteiger partial charge on any atom is 0.221 e. The van der Waals surface area contributed by atoms with Crippen molar-refractivity contribution < 1.29 is 4.79 Å². The topological polar surface area (TPSA) is 78.8 Å². The van der Waals surface area contributed by atoms with E-state index in [2.05, 4.69) is 55.7 Å². The minimum atomic E-state index is -0.0675. The van der Waals surface area contributed by atoms with Crippen LogP contribution in [0.3, 0.4) is 0 Å². The van der Waals surface area contributed by atoms with E-state index in [1.54, 1.807) is 6.33 Å². The van der Waals surface area contributed by atoms with Gasteiger partial charge in [-0.3, -0.25) is 9.69 Å². The Morgan fingerprint density at radius 1 is 1.29 bits per heavy atom. The number of rotatable bonds is 5. The Morgan fingerprint density at radius 2 is 2.07 bits per heavy atom. The highest BCUT2D eigenvalue weighted by atomic mass is 16.1. The number of benzene rings is 1. The zero-order valence-corrected chi connectivity index (χ0v) is 16.5. The molecule has 1 atom stereocenters. The van der Waals surface area contributed by atoms with Crippen LogP contribution in [-0.2, 0) is 17.8 Å². The Kier molecular flexibility index (Phi) is 5.00. The average molecular weight is 378 g/mol. The minimum Gasteiger partial charge on any atom is -0.348 e. The zero-order valence-electron chi connectivity index (χ0n) is 16.5. The molecule has 0 spiro atoms. The van der Waals surface area contributed by atoms with Gasteiger partial charge in [-0.2, -0.15) is 0 Å². The SMILES string of the molecule is CC(=O)Nc1ccc([C@H]2c3nc[nH]c3CCN2Cc2nccn2C(C)C)cc1. The number of imidazole rings is 2. The molecule has 28 heavy (non-hydrogen) atoms. The fourth-order valence-electron chi connectivity index (χ4n) is 3.93. The standard InChI is InChI=1S/C21H26N6O/c1-14(2)27-11-9-22-19(27)12-26-10-8-18-20(24-13-23-18)21(26)16-4-6-17(7-5-16)25-15(3)28/h4-7,9,11,13-14,21H,8,10,12H2,1-3H3,(H,23,24)(H,25,28)/t21-/m0/s1. The number of carbonyl (C=O) groups is 1. The van der Waals surface area contributed by atoms with Gasteiger partial charge in [0.15, 0.2) is 0 Å². The first-order chi connectivity index (χ1) is 13.5. The van der Waals surface area contributed by atoms with Gasteiger partial charge in [-0.05, 0) is 31.5 Å². The average Bonchev–Trinajstić information content (AvgIpc) is 3.31. The zero-order chi connectivity index (χ0) is 19.7. The summed E-state index contributed by atoms with van der Waals surface area (Å²) >= 11 is 0. The number of aromatic nitrogens is 4. The fourth-order valence-corrected chi connectivity index (χ4v) is 3.93. The second kappa shape index (κ2) is 7.59. The van der Waals surface area contributed by atoms with Crippen LogP contribution in [-0.4, -0.2) is 36.9 Å². The molecule has 3 aromatic rings. The quantitative estimate of drug-likeness (QED) is 0.714. The van der Waals surface area contributed by atoms with Gasteiger partial charge in [0.2, 0.25) is 5.91 Å². The van der Waals surface area contributed by atoms with Crippen LogP contribution < -0.4 is 5.32 Å². The van der Waals surface area contributed by atoms with Gasteiger partial charge in [0.25, 0.3) is 0 Å². The van der Waals surface area contributed by atoms with Gasteiger partial charge >= 0.3 is 0 Å². The normalized spacial score (nSPS) is 16.9. The molecule has 7 nitrogen and oxygen atoms in total. The molecule has 146 valence electrons. The summed E-state index contributed by atoms with van der Waals surface area (Å²) in [5.74, 6) is 0.996. The molecule has 3 heterocycles. The second-order valence-electron chi connectivity index (χ2n) is 7.54. The van der Waals surface area contributed by atoms with Gasteiger partial charge in [-0.1, -0.05) is 12.1 Å². The summed E-state index contributed by atoms with van der Waals surface area (Å²) in [5, 5.41) is 2.83. The molecular formula is C21H26N6O. The molecule has 2 aromatic heterocycles. The van der Waals surface area contributed by atoms with E-state index >= 15 is 0 Å². The molecular weight excluding hydrogens is 352 g/mol. The Hall–Kier alpha value is -2.93. The van der Waals surface area contributed by atoms with Crippen molar-refractivity contribution in [3.05, 3.63) is 65.8 Å². The summed E-state index contributed by atoms with van der Waals surface area (Å²) in [6.07, 6.45) is 6.64. The molecule has 0 fully saturated rings. The van der Waals surface area contributed by atoms with Gasteiger partial charge in [0.1, 0.15) is 5.82 Å². The van der Waals surface area contributed by atoms with Crippen LogP contribution in [0.15, 0.2) is 43.0 Å².